The van der Waals surface area contributed by atoms with E-state index in [1.807, 2.05) is 42.5 Å². The van der Waals surface area contributed by atoms with Crippen LogP contribution in [0.3, 0.4) is 0 Å². The van der Waals surface area contributed by atoms with Gasteiger partial charge in [0.15, 0.2) is 0 Å². The fourth-order valence-corrected chi connectivity index (χ4v) is 3.74. The van der Waals surface area contributed by atoms with Crippen LogP contribution in [0, 0.1) is 11.6 Å². The molecular formula is C23H15F2N3O. The van der Waals surface area contributed by atoms with Gasteiger partial charge in [0.05, 0.1) is 11.4 Å². The number of halogens is 2. The Morgan fingerprint density at radius 2 is 1.72 bits per heavy atom. The molecule has 0 aliphatic heterocycles. The quantitative estimate of drug-likeness (QED) is 0.448. The highest BCUT2D eigenvalue weighted by Gasteiger charge is 2.25. The minimum Gasteiger partial charge on any atom is -0.322 e. The van der Waals surface area contributed by atoms with Crippen LogP contribution in [0.1, 0.15) is 21.5 Å². The molecule has 0 fully saturated rings. The van der Waals surface area contributed by atoms with Gasteiger partial charge in [-0.2, -0.15) is 5.10 Å². The molecule has 1 heterocycles. The van der Waals surface area contributed by atoms with E-state index in [9.17, 15) is 13.6 Å². The molecule has 0 saturated heterocycles. The zero-order chi connectivity index (χ0) is 20.0. The van der Waals surface area contributed by atoms with E-state index in [2.05, 4.69) is 15.5 Å². The number of rotatable bonds is 3. The van der Waals surface area contributed by atoms with Crippen molar-refractivity contribution in [3.8, 4) is 22.5 Å². The minimum absolute atomic E-state index is 0.0659. The predicted molar refractivity (Wildman–Crippen MR) is 107 cm³/mol. The van der Waals surface area contributed by atoms with E-state index in [-0.39, 0.29) is 5.56 Å². The largest absolute Gasteiger partial charge is 0.322 e. The Kier molecular flexibility index (Phi) is 3.98. The molecule has 6 heteroatoms. The standard InChI is InChI=1S/C23H15F2N3O/c24-16-8-15(9-17(25)12-16)23(29)26-18-6-7-19-14(10-18)11-20-21(27-28-22(19)20)13-4-2-1-3-5-13/h1-10,12H,11H2,(H,26,29)(H,27,28). The summed E-state index contributed by atoms with van der Waals surface area (Å²) in [5, 5.41) is 10.3. The fraction of sp³-hybridized carbons (Fsp3) is 0.0435. The average Bonchev–Trinajstić information content (AvgIpc) is 3.26. The van der Waals surface area contributed by atoms with Crippen LogP contribution in [0.5, 0.6) is 0 Å². The van der Waals surface area contributed by atoms with Gasteiger partial charge in [-0.05, 0) is 29.8 Å². The summed E-state index contributed by atoms with van der Waals surface area (Å²) in [6, 6.07) is 18.3. The highest BCUT2D eigenvalue weighted by Crippen LogP contribution is 2.40. The lowest BCUT2D eigenvalue weighted by molar-refractivity contribution is 0.102. The molecule has 0 saturated carbocycles. The van der Waals surface area contributed by atoms with E-state index >= 15 is 0 Å². The van der Waals surface area contributed by atoms with Crippen LogP contribution in [0.4, 0.5) is 14.5 Å². The van der Waals surface area contributed by atoms with Crippen LogP contribution in [-0.4, -0.2) is 16.1 Å². The third-order valence-electron chi connectivity index (χ3n) is 5.04. The van der Waals surface area contributed by atoms with Crippen LogP contribution in [-0.2, 0) is 6.42 Å². The normalized spacial score (nSPS) is 11.8. The Balaban J connectivity index is 1.42. The molecular weight excluding hydrogens is 372 g/mol. The lowest BCUT2D eigenvalue weighted by atomic mass is 10.1. The zero-order valence-corrected chi connectivity index (χ0v) is 15.2. The lowest BCUT2D eigenvalue weighted by Gasteiger charge is -2.08. The summed E-state index contributed by atoms with van der Waals surface area (Å²) >= 11 is 0. The molecule has 5 rings (SSSR count). The van der Waals surface area contributed by atoms with Gasteiger partial charge < -0.3 is 5.32 Å². The number of anilines is 1. The summed E-state index contributed by atoms with van der Waals surface area (Å²) < 4.78 is 26.7. The number of carbonyl (C=O) groups is 1. The number of carbonyl (C=O) groups excluding carboxylic acids is 1. The molecule has 0 unspecified atom stereocenters. The molecule has 0 bridgehead atoms. The molecule has 2 N–H and O–H groups in total. The van der Waals surface area contributed by atoms with Crippen molar-refractivity contribution in [2.75, 3.05) is 5.32 Å². The van der Waals surface area contributed by atoms with Crippen LogP contribution in [0.25, 0.3) is 22.5 Å². The van der Waals surface area contributed by atoms with Crippen molar-refractivity contribution >= 4 is 11.6 Å². The van der Waals surface area contributed by atoms with Gasteiger partial charge in [-0.3, -0.25) is 9.89 Å². The lowest BCUT2D eigenvalue weighted by Crippen LogP contribution is -2.12. The monoisotopic (exact) mass is 387 g/mol. The predicted octanol–water partition coefficient (Wildman–Crippen LogP) is 5.18. The number of hydrogen-bond donors (Lipinski definition) is 2. The zero-order valence-electron chi connectivity index (χ0n) is 15.2. The van der Waals surface area contributed by atoms with Gasteiger partial charge in [0, 0.05) is 40.4 Å². The Morgan fingerprint density at radius 1 is 0.966 bits per heavy atom. The number of aromatic amines is 1. The first-order valence-corrected chi connectivity index (χ1v) is 9.12. The number of amides is 1. The van der Waals surface area contributed by atoms with E-state index in [0.29, 0.717) is 12.1 Å². The molecule has 0 spiro atoms. The van der Waals surface area contributed by atoms with E-state index < -0.39 is 17.5 Å². The van der Waals surface area contributed by atoms with Crippen LogP contribution < -0.4 is 5.32 Å². The molecule has 29 heavy (non-hydrogen) atoms. The van der Waals surface area contributed by atoms with E-state index in [1.54, 1.807) is 6.07 Å². The second-order valence-corrected chi connectivity index (χ2v) is 6.95. The number of fused-ring (bicyclic) bond motifs is 3. The first kappa shape index (κ1) is 17.3. The molecule has 1 aliphatic carbocycles. The topological polar surface area (TPSA) is 57.8 Å². The molecule has 3 aromatic carbocycles. The maximum absolute atomic E-state index is 13.4. The summed E-state index contributed by atoms with van der Waals surface area (Å²) in [4.78, 5) is 12.4. The van der Waals surface area contributed by atoms with Crippen molar-refractivity contribution in [1.82, 2.24) is 10.2 Å². The summed E-state index contributed by atoms with van der Waals surface area (Å²) in [6.07, 6.45) is 0.684. The van der Waals surface area contributed by atoms with Crippen molar-refractivity contribution in [3.05, 3.63) is 95.1 Å². The van der Waals surface area contributed by atoms with Crippen molar-refractivity contribution in [2.45, 2.75) is 6.42 Å². The summed E-state index contributed by atoms with van der Waals surface area (Å²) in [5.41, 5.74) is 6.63. The van der Waals surface area contributed by atoms with Gasteiger partial charge in [-0.15, -0.1) is 0 Å². The maximum atomic E-state index is 13.4. The third-order valence-corrected chi connectivity index (χ3v) is 5.04. The van der Waals surface area contributed by atoms with Crippen molar-refractivity contribution < 1.29 is 13.6 Å². The van der Waals surface area contributed by atoms with Gasteiger partial charge in [-0.25, -0.2) is 8.78 Å². The summed E-state index contributed by atoms with van der Waals surface area (Å²) in [5.74, 6) is -2.14. The number of nitrogens with one attached hydrogen (secondary N) is 2. The van der Waals surface area contributed by atoms with Gasteiger partial charge in [0.2, 0.25) is 0 Å². The highest BCUT2D eigenvalue weighted by atomic mass is 19.1. The Morgan fingerprint density at radius 3 is 2.48 bits per heavy atom. The van der Waals surface area contributed by atoms with E-state index in [1.165, 1.54) is 0 Å². The molecule has 4 nitrogen and oxygen atoms in total. The van der Waals surface area contributed by atoms with Crippen LogP contribution >= 0.6 is 0 Å². The SMILES string of the molecule is O=C(Nc1ccc2c(c1)Cc1c(-c3ccccc3)n[nH]c1-2)c1cc(F)cc(F)c1. The Bertz CT molecular complexity index is 1230. The van der Waals surface area contributed by atoms with Crippen LogP contribution in [0.2, 0.25) is 0 Å². The molecule has 0 atom stereocenters. The van der Waals surface area contributed by atoms with Crippen LogP contribution in [0.15, 0.2) is 66.7 Å². The van der Waals surface area contributed by atoms with E-state index in [4.69, 9.17) is 0 Å². The van der Waals surface area contributed by atoms with Gasteiger partial charge in [-0.1, -0.05) is 36.4 Å². The first-order valence-electron chi connectivity index (χ1n) is 9.12. The fourth-order valence-electron chi connectivity index (χ4n) is 3.74. The average molecular weight is 387 g/mol. The van der Waals surface area contributed by atoms with Crippen molar-refractivity contribution in [2.24, 2.45) is 0 Å². The number of hydrogen-bond acceptors (Lipinski definition) is 2. The number of H-pyrrole nitrogens is 1. The third kappa shape index (κ3) is 3.08. The van der Waals surface area contributed by atoms with Crippen molar-refractivity contribution in [3.63, 3.8) is 0 Å². The summed E-state index contributed by atoms with van der Waals surface area (Å²) in [6.45, 7) is 0. The number of aromatic nitrogens is 2. The maximum Gasteiger partial charge on any atom is 0.255 e. The second kappa shape index (κ2) is 6.67. The molecule has 4 aromatic rings. The smallest absolute Gasteiger partial charge is 0.255 e. The van der Waals surface area contributed by atoms with Gasteiger partial charge >= 0.3 is 0 Å². The first-order chi connectivity index (χ1) is 14.1. The second-order valence-electron chi connectivity index (χ2n) is 6.95. The van der Waals surface area contributed by atoms with Gasteiger partial charge in [0.1, 0.15) is 11.6 Å². The molecule has 0 radical (unpaired) electrons. The van der Waals surface area contributed by atoms with E-state index in [0.717, 1.165) is 51.8 Å². The Labute approximate surface area is 165 Å². The summed E-state index contributed by atoms with van der Waals surface area (Å²) in [7, 11) is 0. The molecule has 1 amide bonds. The highest BCUT2D eigenvalue weighted by molar-refractivity contribution is 6.04. The number of benzene rings is 3. The molecule has 1 aliphatic rings. The Hall–Kier alpha value is -3.80. The number of nitrogens with zero attached hydrogens (tertiary/aromatic N) is 1. The molecule has 142 valence electrons. The minimum atomic E-state index is -0.788. The van der Waals surface area contributed by atoms with Crippen molar-refractivity contribution in [1.29, 1.82) is 0 Å². The van der Waals surface area contributed by atoms with Gasteiger partial charge in [0.25, 0.3) is 5.91 Å². The molecule has 1 aromatic heterocycles.